The number of hydrogen-bond donors (Lipinski definition) is 1. The highest BCUT2D eigenvalue weighted by Gasteiger charge is 2.36. The lowest BCUT2D eigenvalue weighted by Gasteiger charge is -2.14. The van der Waals surface area contributed by atoms with Gasteiger partial charge in [-0.3, -0.25) is 4.79 Å². The fraction of sp³-hybridized carbons (Fsp3) is 0.533. The Bertz CT molecular complexity index is 503. The summed E-state index contributed by atoms with van der Waals surface area (Å²) in [6, 6.07) is 1.29. The van der Waals surface area contributed by atoms with Crippen molar-refractivity contribution in [1.29, 1.82) is 0 Å². The first-order valence-electron chi connectivity index (χ1n) is 7.09. The van der Waals surface area contributed by atoms with E-state index >= 15 is 0 Å². The van der Waals surface area contributed by atoms with E-state index < -0.39 is 29.4 Å². The highest BCUT2D eigenvalue weighted by atomic mass is 19.4. The van der Waals surface area contributed by atoms with Gasteiger partial charge in [0.05, 0.1) is 11.1 Å². The average molecular weight is 341 g/mol. The van der Waals surface area contributed by atoms with Gasteiger partial charge in [0, 0.05) is 13.0 Å². The number of carbonyl (C=O) groups excluding carboxylic acids is 1. The van der Waals surface area contributed by atoms with E-state index in [1.165, 1.54) is 0 Å². The highest BCUT2D eigenvalue weighted by Crippen LogP contribution is 2.36. The third kappa shape index (κ3) is 6.50. The fourth-order valence-electron chi connectivity index (χ4n) is 1.95. The van der Waals surface area contributed by atoms with Gasteiger partial charge in [0.25, 0.3) is 0 Å². The molecule has 0 bridgehead atoms. The first-order chi connectivity index (χ1) is 10.5. The van der Waals surface area contributed by atoms with E-state index in [1.807, 2.05) is 6.92 Å². The normalized spacial score (nSPS) is 12.3. The van der Waals surface area contributed by atoms with Crippen LogP contribution in [0.25, 0.3) is 0 Å². The van der Waals surface area contributed by atoms with Crippen LogP contribution in [0.5, 0.6) is 0 Å². The molecule has 23 heavy (non-hydrogen) atoms. The molecular weight excluding hydrogens is 324 g/mol. The van der Waals surface area contributed by atoms with Crippen LogP contribution in [0.1, 0.15) is 49.3 Å². The largest absolute Gasteiger partial charge is 0.416 e. The Kier molecular flexibility index (Phi) is 6.47. The summed E-state index contributed by atoms with van der Waals surface area (Å²) in [6.07, 6.45) is -7.23. The predicted octanol–water partition coefficient (Wildman–Crippen LogP) is 4.92. The maximum Gasteiger partial charge on any atom is 0.416 e. The van der Waals surface area contributed by atoms with Gasteiger partial charge in [-0.05, 0) is 30.2 Å². The van der Waals surface area contributed by atoms with Gasteiger partial charge in [-0.15, -0.1) is 0 Å². The van der Waals surface area contributed by atoms with Gasteiger partial charge in [-0.1, -0.05) is 19.8 Å². The van der Waals surface area contributed by atoms with Crippen LogP contribution in [0.3, 0.4) is 0 Å². The van der Waals surface area contributed by atoms with E-state index in [2.05, 4.69) is 5.32 Å². The van der Waals surface area contributed by atoms with Crippen LogP contribution in [0.4, 0.5) is 26.3 Å². The monoisotopic (exact) mass is 341 g/mol. The number of nitrogens with one attached hydrogen (secondary N) is 1. The zero-order valence-corrected chi connectivity index (χ0v) is 12.4. The molecule has 0 aliphatic heterocycles. The molecule has 0 heterocycles. The fourth-order valence-corrected chi connectivity index (χ4v) is 1.95. The molecular formula is C15H17F6NO. The van der Waals surface area contributed by atoms with Crippen molar-refractivity contribution in [2.24, 2.45) is 0 Å². The zero-order valence-electron chi connectivity index (χ0n) is 12.4. The number of benzene rings is 1. The van der Waals surface area contributed by atoms with Gasteiger partial charge in [0.15, 0.2) is 0 Å². The quantitative estimate of drug-likeness (QED) is 0.577. The molecule has 0 unspecified atom stereocenters. The van der Waals surface area contributed by atoms with Crippen LogP contribution >= 0.6 is 0 Å². The van der Waals surface area contributed by atoms with Crippen molar-refractivity contribution < 1.29 is 31.1 Å². The van der Waals surface area contributed by atoms with Crippen molar-refractivity contribution in [3.8, 4) is 0 Å². The van der Waals surface area contributed by atoms with E-state index in [1.54, 1.807) is 0 Å². The zero-order chi connectivity index (χ0) is 17.7. The van der Waals surface area contributed by atoms with E-state index in [4.69, 9.17) is 0 Å². The second-order valence-corrected chi connectivity index (χ2v) is 5.15. The molecule has 0 atom stereocenters. The minimum absolute atomic E-state index is 0.0621. The molecule has 1 amide bonds. The van der Waals surface area contributed by atoms with Crippen LogP contribution in [0, 0.1) is 0 Å². The van der Waals surface area contributed by atoms with Gasteiger partial charge in [0.2, 0.25) is 5.91 Å². The molecule has 1 rings (SSSR count). The average Bonchev–Trinajstić information content (AvgIpc) is 2.43. The Labute approximate surface area is 129 Å². The summed E-state index contributed by atoms with van der Waals surface area (Å²) in [5.41, 5.74) is -3.01. The van der Waals surface area contributed by atoms with Crippen molar-refractivity contribution >= 4 is 5.91 Å². The lowest BCUT2D eigenvalue weighted by Crippen LogP contribution is -2.23. The number of carbonyl (C=O) groups is 1. The highest BCUT2D eigenvalue weighted by molar-refractivity contribution is 5.75. The predicted molar refractivity (Wildman–Crippen MR) is 72.4 cm³/mol. The Balaban J connectivity index is 2.87. The van der Waals surface area contributed by atoms with Gasteiger partial charge in [-0.2, -0.15) is 26.3 Å². The summed E-state index contributed by atoms with van der Waals surface area (Å²) in [7, 11) is 0. The Morgan fingerprint density at radius 2 is 1.48 bits per heavy atom. The molecule has 0 aliphatic rings. The number of hydrogen-bond acceptors (Lipinski definition) is 1. The van der Waals surface area contributed by atoms with Gasteiger partial charge in [-0.25, -0.2) is 0 Å². The molecule has 0 saturated heterocycles. The van der Waals surface area contributed by atoms with Crippen molar-refractivity contribution in [3.63, 3.8) is 0 Å². The standard InChI is InChI=1S/C15H17F6NO/c1-2-3-4-5-13(23)22-9-10-6-11(14(16,17)18)8-12(7-10)15(19,20)21/h6-8H,2-5,9H2,1H3,(H,22,23). The Morgan fingerprint density at radius 1 is 0.957 bits per heavy atom. The molecule has 0 radical (unpaired) electrons. The van der Waals surface area contributed by atoms with Gasteiger partial charge < -0.3 is 5.32 Å². The summed E-state index contributed by atoms with van der Waals surface area (Å²) in [6.45, 7) is 1.57. The van der Waals surface area contributed by atoms with Crippen LogP contribution < -0.4 is 5.32 Å². The molecule has 1 N–H and O–H groups in total. The second kappa shape index (κ2) is 7.70. The number of unbranched alkanes of at least 4 members (excludes halogenated alkanes) is 2. The van der Waals surface area contributed by atoms with Crippen molar-refractivity contribution in [2.75, 3.05) is 0 Å². The van der Waals surface area contributed by atoms with Crippen LogP contribution in [0.15, 0.2) is 18.2 Å². The third-order valence-corrected chi connectivity index (χ3v) is 3.14. The lowest BCUT2D eigenvalue weighted by atomic mass is 10.0. The van der Waals surface area contributed by atoms with E-state index in [0.29, 0.717) is 18.6 Å². The second-order valence-electron chi connectivity index (χ2n) is 5.15. The van der Waals surface area contributed by atoms with Crippen LogP contribution in [-0.4, -0.2) is 5.91 Å². The van der Waals surface area contributed by atoms with Gasteiger partial charge in [0.1, 0.15) is 0 Å². The summed E-state index contributed by atoms with van der Waals surface area (Å²) in [5.74, 6) is -0.399. The van der Waals surface area contributed by atoms with E-state index in [-0.39, 0.29) is 24.6 Å². The molecule has 0 aromatic heterocycles. The maximum absolute atomic E-state index is 12.7. The summed E-state index contributed by atoms with van der Waals surface area (Å²) < 4.78 is 76.1. The topological polar surface area (TPSA) is 29.1 Å². The third-order valence-electron chi connectivity index (χ3n) is 3.14. The number of amides is 1. The first kappa shape index (κ1) is 19.3. The molecule has 2 nitrogen and oxygen atoms in total. The van der Waals surface area contributed by atoms with Gasteiger partial charge >= 0.3 is 12.4 Å². The Morgan fingerprint density at radius 3 is 1.91 bits per heavy atom. The number of halogens is 6. The molecule has 0 fully saturated rings. The molecule has 8 heteroatoms. The maximum atomic E-state index is 12.7. The number of alkyl halides is 6. The number of rotatable bonds is 6. The van der Waals surface area contributed by atoms with Crippen molar-refractivity contribution in [3.05, 3.63) is 34.9 Å². The van der Waals surface area contributed by atoms with Crippen LogP contribution in [0.2, 0.25) is 0 Å². The minimum atomic E-state index is -4.89. The molecule has 0 aliphatic carbocycles. The Hall–Kier alpha value is -1.73. The first-order valence-corrected chi connectivity index (χ1v) is 7.09. The van der Waals surface area contributed by atoms with Crippen molar-refractivity contribution in [2.45, 2.75) is 51.5 Å². The SMILES string of the molecule is CCCCCC(=O)NCc1cc(C(F)(F)F)cc(C(F)(F)F)c1. The summed E-state index contributed by atoms with van der Waals surface area (Å²) >= 11 is 0. The molecule has 0 saturated carbocycles. The van der Waals surface area contributed by atoms with E-state index in [9.17, 15) is 31.1 Å². The minimum Gasteiger partial charge on any atom is -0.352 e. The molecule has 1 aromatic rings. The summed E-state index contributed by atoms with van der Waals surface area (Å²) in [4.78, 5) is 11.5. The van der Waals surface area contributed by atoms with Crippen molar-refractivity contribution in [1.82, 2.24) is 5.32 Å². The summed E-state index contributed by atoms with van der Waals surface area (Å²) in [5, 5.41) is 2.34. The molecule has 1 aromatic carbocycles. The molecule has 130 valence electrons. The smallest absolute Gasteiger partial charge is 0.352 e. The van der Waals surface area contributed by atoms with Crippen LogP contribution in [-0.2, 0) is 23.7 Å². The van der Waals surface area contributed by atoms with E-state index in [0.717, 1.165) is 12.8 Å². The lowest BCUT2D eigenvalue weighted by molar-refractivity contribution is -0.143. The molecule has 0 spiro atoms.